The molecular weight excluding hydrogens is 282 g/mol. The molecule has 0 spiro atoms. The number of hydrogen-bond donors (Lipinski definition) is 1. The zero-order valence-corrected chi connectivity index (χ0v) is 12.4. The first-order valence-electron chi connectivity index (χ1n) is 6.07. The summed E-state index contributed by atoms with van der Waals surface area (Å²) in [5.41, 5.74) is 1.18. The fourth-order valence-electron chi connectivity index (χ4n) is 1.63. The molecule has 1 unspecified atom stereocenters. The van der Waals surface area contributed by atoms with Gasteiger partial charge < -0.3 is 10.0 Å². The highest BCUT2D eigenvalue weighted by atomic mass is 79.9. The van der Waals surface area contributed by atoms with Crippen LogP contribution in [0.25, 0.3) is 0 Å². The minimum atomic E-state index is -0.209. The lowest BCUT2D eigenvalue weighted by molar-refractivity contribution is 0.159. The van der Waals surface area contributed by atoms with E-state index in [4.69, 9.17) is 0 Å². The Morgan fingerprint density at radius 3 is 2.82 bits per heavy atom. The summed E-state index contributed by atoms with van der Waals surface area (Å²) in [5.74, 6) is 0. The van der Waals surface area contributed by atoms with Crippen molar-refractivity contribution in [2.75, 3.05) is 20.6 Å². The molecule has 0 bridgehead atoms. The third-order valence-electron chi connectivity index (χ3n) is 2.84. The van der Waals surface area contributed by atoms with Crippen molar-refractivity contribution in [2.45, 2.75) is 38.8 Å². The van der Waals surface area contributed by atoms with E-state index in [9.17, 15) is 5.11 Å². The van der Waals surface area contributed by atoms with Crippen molar-refractivity contribution in [1.82, 2.24) is 14.7 Å². The fraction of sp³-hybridized carbons (Fsp3) is 0.750. The van der Waals surface area contributed by atoms with Crippen LogP contribution >= 0.6 is 15.9 Å². The Hall–Kier alpha value is -0.390. The van der Waals surface area contributed by atoms with E-state index in [1.54, 1.807) is 0 Å². The minimum Gasteiger partial charge on any atom is -0.393 e. The van der Waals surface area contributed by atoms with Crippen LogP contribution < -0.4 is 0 Å². The summed E-state index contributed by atoms with van der Waals surface area (Å²) in [6.07, 6.45) is 4.09. The topological polar surface area (TPSA) is 41.3 Å². The Morgan fingerprint density at radius 2 is 2.24 bits per heavy atom. The van der Waals surface area contributed by atoms with Gasteiger partial charge in [0.05, 0.1) is 29.0 Å². The first kappa shape index (κ1) is 14.7. The van der Waals surface area contributed by atoms with Gasteiger partial charge in [0.25, 0.3) is 0 Å². The standard InChI is InChI=1S/C12H22BrN3O/c1-4-10(17)5-6-12-11(13)9-14-16(12)8-7-15(2)3/h9-10,17H,4-8H2,1-3H3. The third kappa shape index (κ3) is 4.77. The van der Waals surface area contributed by atoms with Crippen LogP contribution in [0.15, 0.2) is 10.7 Å². The van der Waals surface area contributed by atoms with Crippen molar-refractivity contribution < 1.29 is 5.11 Å². The van der Waals surface area contributed by atoms with Crippen molar-refractivity contribution in [2.24, 2.45) is 0 Å². The first-order chi connectivity index (χ1) is 8.04. The molecule has 0 aliphatic rings. The normalized spacial score (nSPS) is 13.3. The average molecular weight is 304 g/mol. The molecule has 1 rings (SSSR count). The number of nitrogens with zero attached hydrogens (tertiary/aromatic N) is 3. The number of likely N-dealkylation sites (N-methyl/N-ethyl adjacent to an activating group) is 1. The number of aliphatic hydroxyl groups excluding tert-OH is 1. The van der Waals surface area contributed by atoms with E-state index in [1.807, 2.05) is 17.8 Å². The van der Waals surface area contributed by atoms with Crippen LogP contribution in [0.2, 0.25) is 0 Å². The van der Waals surface area contributed by atoms with Crippen LogP contribution in [0.3, 0.4) is 0 Å². The van der Waals surface area contributed by atoms with Crippen molar-refractivity contribution in [3.63, 3.8) is 0 Å². The van der Waals surface area contributed by atoms with Gasteiger partial charge in [-0.15, -0.1) is 0 Å². The van der Waals surface area contributed by atoms with Gasteiger partial charge in [0.15, 0.2) is 0 Å². The van der Waals surface area contributed by atoms with E-state index in [1.165, 1.54) is 5.69 Å². The molecular formula is C12H22BrN3O. The highest BCUT2D eigenvalue weighted by molar-refractivity contribution is 9.10. The van der Waals surface area contributed by atoms with Crippen molar-refractivity contribution >= 4 is 15.9 Å². The van der Waals surface area contributed by atoms with Gasteiger partial charge in [0.1, 0.15) is 0 Å². The molecule has 98 valence electrons. The molecule has 5 heteroatoms. The molecule has 0 aliphatic heterocycles. The second-order valence-corrected chi connectivity index (χ2v) is 5.42. The van der Waals surface area contributed by atoms with E-state index in [2.05, 4.69) is 40.0 Å². The summed E-state index contributed by atoms with van der Waals surface area (Å²) < 4.78 is 3.06. The second kappa shape index (κ2) is 7.13. The zero-order valence-electron chi connectivity index (χ0n) is 10.9. The Balaban J connectivity index is 2.59. The highest BCUT2D eigenvalue weighted by Crippen LogP contribution is 2.18. The summed E-state index contributed by atoms with van der Waals surface area (Å²) in [6, 6.07) is 0. The molecule has 0 saturated carbocycles. The number of aliphatic hydroxyl groups is 1. The van der Waals surface area contributed by atoms with Gasteiger partial charge in [0, 0.05) is 6.54 Å². The maximum atomic E-state index is 9.60. The van der Waals surface area contributed by atoms with Crippen molar-refractivity contribution in [3.05, 3.63) is 16.4 Å². The van der Waals surface area contributed by atoms with Crippen LogP contribution in [0, 0.1) is 0 Å². The van der Waals surface area contributed by atoms with Gasteiger partial charge in [-0.2, -0.15) is 5.10 Å². The molecule has 17 heavy (non-hydrogen) atoms. The van der Waals surface area contributed by atoms with Gasteiger partial charge in [-0.1, -0.05) is 6.92 Å². The molecule has 0 fully saturated rings. The molecule has 0 amide bonds. The lowest BCUT2D eigenvalue weighted by atomic mass is 10.1. The van der Waals surface area contributed by atoms with Gasteiger partial charge in [-0.3, -0.25) is 4.68 Å². The largest absolute Gasteiger partial charge is 0.393 e. The third-order valence-corrected chi connectivity index (χ3v) is 3.50. The van der Waals surface area contributed by atoms with Crippen LogP contribution in [0.4, 0.5) is 0 Å². The SMILES string of the molecule is CCC(O)CCc1c(Br)cnn1CCN(C)C. The lowest BCUT2D eigenvalue weighted by Crippen LogP contribution is -2.20. The fourth-order valence-corrected chi connectivity index (χ4v) is 2.13. The van der Waals surface area contributed by atoms with E-state index in [0.717, 1.165) is 36.8 Å². The molecule has 1 heterocycles. The number of rotatable bonds is 7. The smallest absolute Gasteiger partial charge is 0.0635 e. The van der Waals surface area contributed by atoms with Crippen LogP contribution in [0.5, 0.6) is 0 Å². The quantitative estimate of drug-likeness (QED) is 0.836. The van der Waals surface area contributed by atoms with E-state index in [0.29, 0.717) is 0 Å². The van der Waals surface area contributed by atoms with Crippen LogP contribution in [0.1, 0.15) is 25.5 Å². The summed E-state index contributed by atoms with van der Waals surface area (Å²) in [6.45, 7) is 3.86. The Morgan fingerprint density at radius 1 is 1.53 bits per heavy atom. The zero-order chi connectivity index (χ0) is 12.8. The molecule has 1 N–H and O–H groups in total. The average Bonchev–Trinajstić information content (AvgIpc) is 2.64. The highest BCUT2D eigenvalue weighted by Gasteiger charge is 2.10. The summed E-state index contributed by atoms with van der Waals surface area (Å²) in [5, 5.41) is 14.0. The summed E-state index contributed by atoms with van der Waals surface area (Å²) in [7, 11) is 4.11. The summed E-state index contributed by atoms with van der Waals surface area (Å²) in [4.78, 5) is 2.14. The number of aromatic nitrogens is 2. The van der Waals surface area contributed by atoms with Crippen molar-refractivity contribution in [1.29, 1.82) is 0 Å². The maximum absolute atomic E-state index is 9.60. The van der Waals surface area contributed by atoms with E-state index >= 15 is 0 Å². The van der Waals surface area contributed by atoms with Gasteiger partial charge in [0.2, 0.25) is 0 Å². The van der Waals surface area contributed by atoms with Crippen LogP contribution in [-0.4, -0.2) is 46.5 Å². The molecule has 0 saturated heterocycles. The van der Waals surface area contributed by atoms with Gasteiger partial charge >= 0.3 is 0 Å². The molecule has 1 atom stereocenters. The van der Waals surface area contributed by atoms with E-state index < -0.39 is 0 Å². The van der Waals surface area contributed by atoms with Crippen molar-refractivity contribution in [3.8, 4) is 0 Å². The Kier molecular flexibility index (Phi) is 6.16. The number of halogens is 1. The number of hydrogen-bond acceptors (Lipinski definition) is 3. The second-order valence-electron chi connectivity index (χ2n) is 4.57. The Labute approximate surface area is 112 Å². The monoisotopic (exact) mass is 303 g/mol. The summed E-state index contributed by atoms with van der Waals surface area (Å²) >= 11 is 3.52. The molecule has 4 nitrogen and oxygen atoms in total. The molecule has 1 aromatic rings. The molecule has 0 aromatic carbocycles. The maximum Gasteiger partial charge on any atom is 0.0635 e. The predicted octanol–water partition coefficient (Wildman–Crippen LogP) is 1.91. The predicted molar refractivity (Wildman–Crippen MR) is 73.1 cm³/mol. The Bertz CT molecular complexity index is 338. The molecule has 0 radical (unpaired) electrons. The van der Waals surface area contributed by atoms with Gasteiger partial charge in [-0.05, 0) is 49.3 Å². The lowest BCUT2D eigenvalue weighted by Gasteiger charge is -2.13. The molecule has 1 aromatic heterocycles. The molecule has 0 aliphatic carbocycles. The van der Waals surface area contributed by atoms with Crippen LogP contribution in [-0.2, 0) is 13.0 Å². The van der Waals surface area contributed by atoms with Gasteiger partial charge in [-0.25, -0.2) is 0 Å². The van der Waals surface area contributed by atoms with E-state index in [-0.39, 0.29) is 6.10 Å². The first-order valence-corrected chi connectivity index (χ1v) is 6.86. The minimum absolute atomic E-state index is 0.209.